The van der Waals surface area contributed by atoms with E-state index in [1.807, 2.05) is 0 Å². The van der Waals surface area contributed by atoms with Crippen LogP contribution in [0.2, 0.25) is 0 Å². The third-order valence-corrected chi connectivity index (χ3v) is 11.5. The molecule has 2 heteroatoms. The number of para-hydroxylation sites is 3. The summed E-state index contributed by atoms with van der Waals surface area (Å²) in [6, 6.07) is 68.3. The van der Waals surface area contributed by atoms with Gasteiger partial charge in [-0.05, 0) is 114 Å². The molecule has 0 aliphatic heterocycles. The van der Waals surface area contributed by atoms with Crippen LogP contribution in [0.25, 0.3) is 94.3 Å². The summed E-state index contributed by atoms with van der Waals surface area (Å²) >= 11 is 0. The quantitative estimate of drug-likeness (QED) is 0.175. The van der Waals surface area contributed by atoms with Crippen LogP contribution in [0.15, 0.2) is 188 Å². The lowest BCUT2D eigenvalue weighted by molar-refractivity contribution is 1.01. The lowest BCUT2D eigenvalue weighted by Crippen LogP contribution is -2.06. The fraction of sp³-hybridized carbons (Fsp3) is 0.0377. The molecule has 258 valence electrons. The van der Waals surface area contributed by atoms with Crippen molar-refractivity contribution in [3.8, 4) is 39.3 Å². The number of benzene rings is 9. The van der Waals surface area contributed by atoms with Gasteiger partial charge in [-0.3, -0.25) is 4.57 Å². The van der Waals surface area contributed by atoms with Crippen molar-refractivity contribution < 1.29 is 0 Å². The zero-order valence-corrected chi connectivity index (χ0v) is 30.3. The molecule has 9 aromatic carbocycles. The Labute approximate surface area is 320 Å². The molecule has 2 nitrogen and oxygen atoms in total. The molecule has 1 aliphatic carbocycles. The highest BCUT2D eigenvalue weighted by molar-refractivity contribution is 6.17. The second-order valence-corrected chi connectivity index (χ2v) is 14.6. The van der Waals surface area contributed by atoms with Crippen LogP contribution >= 0.6 is 0 Å². The number of hydrogen-bond acceptors (Lipinski definition) is 1. The van der Waals surface area contributed by atoms with Crippen LogP contribution in [0, 0.1) is 0 Å². The van der Waals surface area contributed by atoms with E-state index in [-0.39, 0.29) is 0 Å². The van der Waals surface area contributed by atoms with E-state index in [4.69, 9.17) is 4.98 Å². The smallest absolute Gasteiger partial charge is 0.145 e. The maximum atomic E-state index is 5.14. The third kappa shape index (κ3) is 5.14. The highest BCUT2D eigenvalue weighted by Crippen LogP contribution is 2.49. The summed E-state index contributed by atoms with van der Waals surface area (Å²) in [4.78, 5) is 5.14. The van der Waals surface area contributed by atoms with Gasteiger partial charge in [-0.25, -0.2) is 4.98 Å². The average Bonchev–Trinajstić information content (AvgIpc) is 3.65. The van der Waals surface area contributed by atoms with Crippen LogP contribution in [0.4, 0.5) is 0 Å². The van der Waals surface area contributed by atoms with Crippen molar-refractivity contribution in [1.29, 1.82) is 0 Å². The van der Waals surface area contributed by atoms with Crippen LogP contribution in [0.5, 0.6) is 0 Å². The Kier molecular flexibility index (Phi) is 7.34. The fourth-order valence-electron chi connectivity index (χ4n) is 9.04. The molecule has 0 unspecified atom stereocenters. The normalized spacial score (nSPS) is 12.7. The van der Waals surface area contributed by atoms with E-state index in [9.17, 15) is 0 Å². The summed E-state index contributed by atoms with van der Waals surface area (Å²) in [5.74, 6) is 0.950. The van der Waals surface area contributed by atoms with Gasteiger partial charge in [-0.15, -0.1) is 0 Å². The predicted molar refractivity (Wildman–Crippen MR) is 233 cm³/mol. The van der Waals surface area contributed by atoms with Crippen molar-refractivity contribution in [3.63, 3.8) is 0 Å². The van der Waals surface area contributed by atoms with E-state index in [0.717, 1.165) is 41.0 Å². The van der Waals surface area contributed by atoms with Gasteiger partial charge in [0.2, 0.25) is 0 Å². The molecule has 0 radical (unpaired) electrons. The topological polar surface area (TPSA) is 17.8 Å². The maximum absolute atomic E-state index is 5.14. The minimum Gasteiger partial charge on any atom is -0.292 e. The SMILES string of the molecule is C1=C(c2ccc(-c3nc4ccccc4n3-c3ccccc3)cc2)CCc2c1c(-c1cccc3ccccc13)c1ccccc1c2-c1cccc2ccccc12. The Morgan fingerprint density at radius 3 is 1.67 bits per heavy atom. The van der Waals surface area contributed by atoms with Gasteiger partial charge in [0.05, 0.1) is 11.0 Å². The van der Waals surface area contributed by atoms with Gasteiger partial charge >= 0.3 is 0 Å². The molecule has 1 aromatic heterocycles. The molecular formula is C53H36N2. The number of hydrogen-bond donors (Lipinski definition) is 0. The number of nitrogens with zero attached hydrogens (tertiary/aromatic N) is 2. The molecule has 1 aliphatic rings. The largest absolute Gasteiger partial charge is 0.292 e. The van der Waals surface area contributed by atoms with Crippen LogP contribution in [0.3, 0.4) is 0 Å². The first kappa shape index (κ1) is 31.5. The van der Waals surface area contributed by atoms with Gasteiger partial charge in [0.1, 0.15) is 5.82 Å². The molecule has 1 heterocycles. The molecule has 0 saturated heterocycles. The minimum atomic E-state index is 0.950. The molecule has 0 saturated carbocycles. The lowest BCUT2D eigenvalue weighted by atomic mass is 9.76. The number of rotatable bonds is 5. The van der Waals surface area contributed by atoms with Crippen molar-refractivity contribution in [2.24, 2.45) is 0 Å². The van der Waals surface area contributed by atoms with Gasteiger partial charge in [0, 0.05) is 11.3 Å². The van der Waals surface area contributed by atoms with E-state index < -0.39 is 0 Å². The molecular weight excluding hydrogens is 665 g/mol. The third-order valence-electron chi connectivity index (χ3n) is 11.5. The number of fused-ring (bicyclic) bond motifs is 5. The monoisotopic (exact) mass is 700 g/mol. The molecule has 0 bridgehead atoms. The van der Waals surface area contributed by atoms with Crippen molar-refractivity contribution in [3.05, 3.63) is 205 Å². The molecule has 0 fully saturated rings. The first-order chi connectivity index (χ1) is 27.3. The zero-order chi connectivity index (χ0) is 36.3. The van der Waals surface area contributed by atoms with E-state index in [1.54, 1.807) is 0 Å². The molecule has 0 atom stereocenters. The predicted octanol–water partition coefficient (Wildman–Crippen LogP) is 14.0. The zero-order valence-electron chi connectivity index (χ0n) is 30.3. The first-order valence-corrected chi connectivity index (χ1v) is 19.2. The molecule has 0 N–H and O–H groups in total. The van der Waals surface area contributed by atoms with Crippen molar-refractivity contribution in [1.82, 2.24) is 9.55 Å². The van der Waals surface area contributed by atoms with E-state index in [0.29, 0.717) is 0 Å². The number of imidazole rings is 1. The van der Waals surface area contributed by atoms with E-state index in [2.05, 4.69) is 199 Å². The van der Waals surface area contributed by atoms with Gasteiger partial charge in [-0.1, -0.05) is 170 Å². The first-order valence-electron chi connectivity index (χ1n) is 19.2. The Bertz CT molecular complexity index is 3120. The molecule has 55 heavy (non-hydrogen) atoms. The van der Waals surface area contributed by atoms with E-state index >= 15 is 0 Å². The van der Waals surface area contributed by atoms with Crippen LogP contribution < -0.4 is 0 Å². The van der Waals surface area contributed by atoms with Crippen molar-refractivity contribution >= 4 is 55.0 Å². The number of allylic oxidation sites excluding steroid dienone is 1. The Hall–Kier alpha value is -7.03. The van der Waals surface area contributed by atoms with Gasteiger partial charge < -0.3 is 0 Å². The van der Waals surface area contributed by atoms with Crippen LogP contribution in [-0.4, -0.2) is 9.55 Å². The Balaban J connectivity index is 1.13. The number of aromatic nitrogens is 2. The molecule has 10 aromatic rings. The second kappa shape index (κ2) is 12.8. The Morgan fingerprint density at radius 1 is 0.418 bits per heavy atom. The summed E-state index contributed by atoms with van der Waals surface area (Å²) in [5.41, 5.74) is 14.9. The van der Waals surface area contributed by atoms with Crippen LogP contribution in [-0.2, 0) is 6.42 Å². The van der Waals surface area contributed by atoms with Crippen molar-refractivity contribution in [2.75, 3.05) is 0 Å². The maximum Gasteiger partial charge on any atom is 0.145 e. The summed E-state index contributed by atoms with van der Waals surface area (Å²) in [6.07, 6.45) is 4.42. The fourth-order valence-corrected chi connectivity index (χ4v) is 9.04. The Morgan fingerprint density at radius 2 is 0.964 bits per heavy atom. The standard InChI is InChI=1S/C53H36N2/c1-2-18-40(19-3-1)55-50-27-11-10-26-49(50)54-53(55)38-30-28-35(29-31-38)39-32-33-47-48(34-39)52(44-25-13-17-37-15-5-7-21-42(37)44)46-23-9-8-22-45(46)51(47)43-24-12-16-36-14-4-6-20-41(36)43/h1-31,34H,32-33H2. The molecule has 11 rings (SSSR count). The van der Waals surface area contributed by atoms with Crippen molar-refractivity contribution in [2.45, 2.75) is 12.8 Å². The van der Waals surface area contributed by atoms with Gasteiger partial charge in [0.25, 0.3) is 0 Å². The highest BCUT2D eigenvalue weighted by Gasteiger charge is 2.26. The molecule has 0 spiro atoms. The summed E-state index contributed by atoms with van der Waals surface area (Å²) in [7, 11) is 0. The highest BCUT2D eigenvalue weighted by atomic mass is 15.1. The summed E-state index contributed by atoms with van der Waals surface area (Å²) < 4.78 is 2.27. The lowest BCUT2D eigenvalue weighted by Gasteiger charge is -2.27. The van der Waals surface area contributed by atoms with Crippen LogP contribution in [0.1, 0.15) is 23.1 Å². The van der Waals surface area contributed by atoms with Gasteiger partial charge in [0.15, 0.2) is 0 Å². The van der Waals surface area contributed by atoms with E-state index in [1.165, 1.54) is 76.8 Å². The minimum absolute atomic E-state index is 0.950. The summed E-state index contributed by atoms with van der Waals surface area (Å²) in [5, 5.41) is 7.69. The molecule has 0 amide bonds. The summed E-state index contributed by atoms with van der Waals surface area (Å²) in [6.45, 7) is 0. The average molecular weight is 701 g/mol. The second-order valence-electron chi connectivity index (χ2n) is 14.6. The van der Waals surface area contributed by atoms with Gasteiger partial charge in [-0.2, -0.15) is 0 Å².